The SMILES string of the molecule is O=C(O)CCCN1C(=O)COc2ccc(O)cc21. The molecule has 0 saturated heterocycles. The zero-order valence-electron chi connectivity index (χ0n) is 9.63. The smallest absolute Gasteiger partial charge is 0.303 e. The first-order valence-corrected chi connectivity index (χ1v) is 5.56. The monoisotopic (exact) mass is 251 g/mol. The zero-order chi connectivity index (χ0) is 13.1. The highest BCUT2D eigenvalue weighted by Gasteiger charge is 2.25. The van der Waals surface area contributed by atoms with Gasteiger partial charge >= 0.3 is 5.97 Å². The Morgan fingerprint density at radius 1 is 1.44 bits per heavy atom. The first-order chi connectivity index (χ1) is 8.58. The molecule has 0 aromatic heterocycles. The molecular formula is C12H13NO5. The Balaban J connectivity index is 2.16. The summed E-state index contributed by atoms with van der Waals surface area (Å²) in [6, 6.07) is 4.50. The number of ether oxygens (including phenoxy) is 1. The highest BCUT2D eigenvalue weighted by Crippen LogP contribution is 2.34. The number of carboxylic acids is 1. The van der Waals surface area contributed by atoms with Gasteiger partial charge in [0.1, 0.15) is 11.5 Å². The summed E-state index contributed by atoms with van der Waals surface area (Å²) in [5, 5.41) is 18.0. The van der Waals surface area contributed by atoms with Gasteiger partial charge in [0.15, 0.2) is 6.61 Å². The summed E-state index contributed by atoms with van der Waals surface area (Å²) in [5.41, 5.74) is 0.483. The van der Waals surface area contributed by atoms with Crippen LogP contribution in [0, 0.1) is 0 Å². The van der Waals surface area contributed by atoms with E-state index in [1.54, 1.807) is 6.07 Å². The van der Waals surface area contributed by atoms with Crippen LogP contribution in [0.25, 0.3) is 0 Å². The number of aromatic hydroxyl groups is 1. The van der Waals surface area contributed by atoms with Crippen LogP contribution < -0.4 is 9.64 Å². The number of carbonyl (C=O) groups is 2. The van der Waals surface area contributed by atoms with E-state index in [0.29, 0.717) is 24.4 Å². The zero-order valence-corrected chi connectivity index (χ0v) is 9.63. The molecule has 0 fully saturated rings. The minimum absolute atomic E-state index is 0.00120. The van der Waals surface area contributed by atoms with Gasteiger partial charge in [-0.05, 0) is 18.6 Å². The summed E-state index contributed by atoms with van der Waals surface area (Å²) in [7, 11) is 0. The van der Waals surface area contributed by atoms with Gasteiger partial charge in [-0.15, -0.1) is 0 Å². The Kier molecular flexibility index (Phi) is 3.36. The van der Waals surface area contributed by atoms with Crippen LogP contribution >= 0.6 is 0 Å². The Labute approximate surface area is 103 Å². The first-order valence-electron chi connectivity index (χ1n) is 5.56. The van der Waals surface area contributed by atoms with Crippen LogP contribution in [0.4, 0.5) is 5.69 Å². The molecule has 0 unspecified atom stereocenters. The lowest BCUT2D eigenvalue weighted by atomic mass is 10.2. The normalized spacial score (nSPS) is 14.0. The fourth-order valence-corrected chi connectivity index (χ4v) is 1.82. The number of phenols is 1. The van der Waals surface area contributed by atoms with Crippen molar-refractivity contribution in [1.82, 2.24) is 0 Å². The van der Waals surface area contributed by atoms with Crippen LogP contribution in [0.15, 0.2) is 18.2 Å². The van der Waals surface area contributed by atoms with Crippen molar-refractivity contribution in [3.05, 3.63) is 18.2 Å². The van der Waals surface area contributed by atoms with Crippen LogP contribution in [0.3, 0.4) is 0 Å². The Bertz CT molecular complexity index is 485. The summed E-state index contributed by atoms with van der Waals surface area (Å²) in [6.45, 7) is 0.232. The van der Waals surface area contributed by atoms with E-state index < -0.39 is 5.97 Å². The second kappa shape index (κ2) is 4.95. The molecule has 0 saturated carbocycles. The molecule has 0 radical (unpaired) electrons. The number of amides is 1. The van der Waals surface area contributed by atoms with Gasteiger partial charge in [-0.3, -0.25) is 9.59 Å². The van der Waals surface area contributed by atoms with Crippen LogP contribution in [-0.2, 0) is 9.59 Å². The highest BCUT2D eigenvalue weighted by atomic mass is 16.5. The van der Waals surface area contributed by atoms with Gasteiger partial charge in [-0.25, -0.2) is 0 Å². The second-order valence-electron chi connectivity index (χ2n) is 3.98. The van der Waals surface area contributed by atoms with Crippen LogP contribution in [0.2, 0.25) is 0 Å². The molecule has 6 nitrogen and oxygen atoms in total. The lowest BCUT2D eigenvalue weighted by molar-refractivity contribution is -0.137. The van der Waals surface area contributed by atoms with Gasteiger partial charge in [0.05, 0.1) is 5.69 Å². The molecule has 1 aliphatic heterocycles. The minimum atomic E-state index is -0.896. The largest absolute Gasteiger partial charge is 0.508 e. The Morgan fingerprint density at radius 2 is 2.22 bits per heavy atom. The van der Waals surface area contributed by atoms with Crippen molar-refractivity contribution in [3.8, 4) is 11.5 Å². The standard InChI is InChI=1S/C12H13NO5/c14-8-3-4-10-9(6-8)13(11(15)7-18-10)5-1-2-12(16)17/h3-4,6,14H,1-2,5,7H2,(H,16,17). The molecule has 1 aromatic carbocycles. The van der Waals surface area contributed by atoms with Gasteiger partial charge < -0.3 is 19.8 Å². The number of carboxylic acid groups (broad SMARTS) is 1. The van der Waals surface area contributed by atoms with E-state index in [1.165, 1.54) is 17.0 Å². The van der Waals surface area contributed by atoms with E-state index in [-0.39, 0.29) is 24.7 Å². The van der Waals surface area contributed by atoms with Gasteiger partial charge in [-0.1, -0.05) is 0 Å². The number of carbonyl (C=O) groups excluding carboxylic acids is 1. The molecule has 0 spiro atoms. The van der Waals surface area contributed by atoms with E-state index in [2.05, 4.69) is 0 Å². The fourth-order valence-electron chi connectivity index (χ4n) is 1.82. The summed E-state index contributed by atoms with van der Waals surface area (Å²) < 4.78 is 5.23. The second-order valence-corrected chi connectivity index (χ2v) is 3.98. The van der Waals surface area contributed by atoms with E-state index in [9.17, 15) is 14.7 Å². The molecule has 2 N–H and O–H groups in total. The van der Waals surface area contributed by atoms with Gasteiger partial charge in [-0.2, -0.15) is 0 Å². The number of hydrogen-bond acceptors (Lipinski definition) is 4. The number of hydrogen-bond donors (Lipinski definition) is 2. The molecule has 2 rings (SSSR count). The number of phenolic OH excluding ortho intramolecular Hbond substituents is 1. The number of nitrogens with zero attached hydrogens (tertiary/aromatic N) is 1. The van der Waals surface area contributed by atoms with Crippen molar-refractivity contribution in [2.24, 2.45) is 0 Å². The van der Waals surface area contributed by atoms with Crippen molar-refractivity contribution < 1.29 is 24.5 Å². The van der Waals surface area contributed by atoms with Crippen molar-refractivity contribution >= 4 is 17.6 Å². The third kappa shape index (κ3) is 2.53. The number of fused-ring (bicyclic) bond motifs is 1. The molecule has 96 valence electrons. The summed E-state index contributed by atoms with van der Waals surface area (Å²) >= 11 is 0. The Hall–Kier alpha value is -2.24. The maximum Gasteiger partial charge on any atom is 0.303 e. The summed E-state index contributed by atoms with van der Waals surface area (Å²) in [5.74, 6) is -0.580. The topological polar surface area (TPSA) is 87.1 Å². The number of aliphatic carboxylic acids is 1. The maximum absolute atomic E-state index is 11.7. The van der Waals surface area contributed by atoms with E-state index in [4.69, 9.17) is 9.84 Å². The number of anilines is 1. The van der Waals surface area contributed by atoms with E-state index in [0.717, 1.165) is 0 Å². The quantitative estimate of drug-likeness (QED) is 0.833. The van der Waals surface area contributed by atoms with Crippen molar-refractivity contribution in [3.63, 3.8) is 0 Å². The summed E-state index contributed by atoms with van der Waals surface area (Å²) in [4.78, 5) is 23.6. The number of rotatable bonds is 4. The lowest BCUT2D eigenvalue weighted by Gasteiger charge is -2.29. The number of benzene rings is 1. The van der Waals surface area contributed by atoms with Gasteiger partial charge in [0, 0.05) is 19.0 Å². The van der Waals surface area contributed by atoms with Crippen LogP contribution in [0.1, 0.15) is 12.8 Å². The summed E-state index contributed by atoms with van der Waals surface area (Å²) in [6.07, 6.45) is 0.356. The third-order valence-electron chi connectivity index (χ3n) is 2.66. The molecule has 1 amide bonds. The molecule has 1 heterocycles. The van der Waals surface area contributed by atoms with Crippen LogP contribution in [-0.4, -0.2) is 35.2 Å². The van der Waals surface area contributed by atoms with Crippen molar-refractivity contribution in [2.45, 2.75) is 12.8 Å². The fraction of sp³-hybridized carbons (Fsp3) is 0.333. The first kappa shape index (κ1) is 12.2. The molecule has 0 atom stereocenters. The molecule has 1 aromatic rings. The lowest BCUT2D eigenvalue weighted by Crippen LogP contribution is -2.39. The predicted molar refractivity (Wildman–Crippen MR) is 62.8 cm³/mol. The molecule has 18 heavy (non-hydrogen) atoms. The molecule has 6 heteroatoms. The predicted octanol–water partition coefficient (Wildman–Crippen LogP) is 0.982. The molecule has 1 aliphatic rings. The van der Waals surface area contributed by atoms with Gasteiger partial charge in [0.25, 0.3) is 5.91 Å². The average Bonchev–Trinajstić information content (AvgIpc) is 2.31. The highest BCUT2D eigenvalue weighted by molar-refractivity contribution is 5.98. The maximum atomic E-state index is 11.7. The third-order valence-corrected chi connectivity index (χ3v) is 2.66. The van der Waals surface area contributed by atoms with Crippen LogP contribution in [0.5, 0.6) is 11.5 Å². The van der Waals surface area contributed by atoms with E-state index >= 15 is 0 Å². The average molecular weight is 251 g/mol. The van der Waals surface area contributed by atoms with Crippen molar-refractivity contribution in [1.29, 1.82) is 0 Å². The van der Waals surface area contributed by atoms with E-state index in [1.807, 2.05) is 0 Å². The van der Waals surface area contributed by atoms with Gasteiger partial charge in [0.2, 0.25) is 0 Å². The van der Waals surface area contributed by atoms with Crippen molar-refractivity contribution in [2.75, 3.05) is 18.1 Å². The Morgan fingerprint density at radius 3 is 2.94 bits per heavy atom. The molecule has 0 aliphatic carbocycles. The molecule has 0 bridgehead atoms. The molecular weight excluding hydrogens is 238 g/mol. The minimum Gasteiger partial charge on any atom is -0.508 e.